The molecule has 0 spiro atoms. The average molecular weight is 912 g/mol. The summed E-state index contributed by atoms with van der Waals surface area (Å²) in [7, 11) is 2.37. The van der Waals surface area contributed by atoms with Crippen LogP contribution in [0.1, 0.15) is 114 Å². The van der Waals surface area contributed by atoms with Crippen LogP contribution in [0.4, 0.5) is 28.4 Å². The van der Waals surface area contributed by atoms with Gasteiger partial charge in [-0.2, -0.15) is 0 Å². The van der Waals surface area contributed by atoms with Crippen molar-refractivity contribution in [1.82, 2.24) is 0 Å². The third-order valence-electron chi connectivity index (χ3n) is 16.9. The Balaban J connectivity index is 1.16. The van der Waals surface area contributed by atoms with Gasteiger partial charge in [-0.15, -0.1) is 0 Å². The lowest BCUT2D eigenvalue weighted by Gasteiger charge is -2.43. The first-order chi connectivity index (χ1) is 33.5. The highest BCUT2D eigenvalue weighted by molar-refractivity contribution is 6.73. The second kappa shape index (κ2) is 15.9. The molecule has 347 valence electrons. The van der Waals surface area contributed by atoms with Crippen LogP contribution in [0.25, 0.3) is 55.1 Å². The minimum atomic E-state index is 0.0189. The van der Waals surface area contributed by atoms with Gasteiger partial charge in [-0.3, -0.25) is 0 Å². The lowest BCUT2D eigenvalue weighted by atomic mass is 9.60. The molecule has 4 heteroatoms. The van der Waals surface area contributed by atoms with Gasteiger partial charge in [0.2, 0.25) is 7.28 Å². The molecular formula is C66H64BN2O. The highest BCUT2D eigenvalue weighted by atomic mass is 16.3. The lowest BCUT2D eigenvalue weighted by molar-refractivity contribution is 0.332. The van der Waals surface area contributed by atoms with Crippen LogP contribution in [-0.2, 0) is 21.7 Å². The molecule has 1 radical (unpaired) electrons. The maximum absolute atomic E-state index is 7.33. The Morgan fingerprint density at radius 1 is 0.486 bits per heavy atom. The van der Waals surface area contributed by atoms with E-state index < -0.39 is 0 Å². The van der Waals surface area contributed by atoms with Crippen molar-refractivity contribution in [1.29, 1.82) is 0 Å². The molecule has 3 nitrogen and oxygen atoms in total. The first-order valence-electron chi connectivity index (χ1n) is 25.6. The normalized spacial score (nSPS) is 17.0. The average Bonchev–Trinajstić information content (AvgIpc) is 3.71. The number of hydrogen-bond acceptors (Lipinski definition) is 3. The zero-order valence-electron chi connectivity index (χ0n) is 42.7. The Labute approximate surface area is 416 Å². The van der Waals surface area contributed by atoms with Crippen LogP contribution in [0, 0.1) is 13.8 Å². The Morgan fingerprint density at radius 2 is 1.09 bits per heavy atom. The van der Waals surface area contributed by atoms with E-state index in [0.29, 0.717) is 0 Å². The molecule has 8 aromatic carbocycles. The van der Waals surface area contributed by atoms with E-state index in [-0.39, 0.29) is 21.7 Å². The second-order valence-electron chi connectivity index (χ2n) is 23.5. The molecule has 0 fully saturated rings. The van der Waals surface area contributed by atoms with Crippen LogP contribution in [0.2, 0.25) is 0 Å². The molecule has 0 bridgehead atoms. The van der Waals surface area contributed by atoms with Gasteiger partial charge in [0.25, 0.3) is 0 Å². The van der Waals surface area contributed by atoms with Crippen molar-refractivity contribution in [2.45, 2.75) is 117 Å². The standard InChI is InChI=1S/C66H64BN2O/c1-40-18-14-16-22-47(40)45-35-50(59-48-23-17-15-21-44(48)26-29-55(59)68-46-27-24-43(25-28-46)42-19-12-11-13-20-42)60-57(36-45)69(56-38-53-51(34-41(56)2)63(3,4)30-32-65(53,7)8)61-49-37-52-54(39-58(49)70-62(61)67-60)66(9,10)33-31-64(52,5)6/h11-29,34-39,68H,30-33H2,1-10H3. The SMILES string of the molecule is Cc1ccccc1-c1cc(-c2c(Nc3ccc(-c4ccccc4)cc3)ccc3ccccc23)c2c(c1)N(c1cc3c(cc1C)C(C)(C)CCC3(C)C)c1c(oc3cc4c(cc13)C(C)(C)CCC4(C)C)[B]2. The fraction of sp³-hybridized carbons (Fsp3) is 0.273. The number of aryl methyl sites for hydroxylation is 2. The highest BCUT2D eigenvalue weighted by Gasteiger charge is 2.42. The van der Waals surface area contributed by atoms with Gasteiger partial charge in [-0.1, -0.05) is 159 Å². The van der Waals surface area contributed by atoms with Gasteiger partial charge in [0.05, 0.1) is 11.3 Å². The second-order valence-corrected chi connectivity index (χ2v) is 23.5. The van der Waals surface area contributed by atoms with Crippen LogP contribution in [0.3, 0.4) is 0 Å². The monoisotopic (exact) mass is 912 g/mol. The van der Waals surface area contributed by atoms with Crippen LogP contribution in [-0.4, -0.2) is 7.28 Å². The van der Waals surface area contributed by atoms with Gasteiger partial charge in [0.1, 0.15) is 5.58 Å². The van der Waals surface area contributed by atoms with E-state index in [1.807, 2.05) is 0 Å². The minimum Gasteiger partial charge on any atom is -0.469 e. The van der Waals surface area contributed by atoms with Crippen molar-refractivity contribution in [3.8, 4) is 33.4 Å². The minimum absolute atomic E-state index is 0.0189. The number of nitrogens with zero attached hydrogens (tertiary/aromatic N) is 1. The fourth-order valence-corrected chi connectivity index (χ4v) is 12.4. The number of furan rings is 1. The highest BCUT2D eigenvalue weighted by Crippen LogP contribution is 2.54. The van der Waals surface area contributed by atoms with Gasteiger partial charge in [0.15, 0.2) is 0 Å². The third kappa shape index (κ3) is 7.15. The first-order valence-corrected chi connectivity index (χ1v) is 25.6. The largest absolute Gasteiger partial charge is 0.469 e. The number of hydrogen-bond donors (Lipinski definition) is 1. The summed E-state index contributed by atoms with van der Waals surface area (Å²) in [6.07, 6.45) is 4.60. The predicted molar refractivity (Wildman–Crippen MR) is 300 cm³/mol. The molecule has 0 atom stereocenters. The molecule has 0 amide bonds. The number of fused-ring (bicyclic) bond motifs is 7. The molecular weight excluding hydrogens is 848 g/mol. The maximum Gasteiger partial charge on any atom is 0.247 e. The molecule has 0 unspecified atom stereocenters. The number of benzene rings is 8. The zero-order chi connectivity index (χ0) is 48.5. The van der Waals surface area contributed by atoms with E-state index in [1.54, 1.807) is 0 Å². The lowest BCUT2D eigenvalue weighted by Crippen LogP contribution is -2.40. The van der Waals surface area contributed by atoms with Gasteiger partial charge < -0.3 is 14.6 Å². The van der Waals surface area contributed by atoms with Crippen LogP contribution >= 0.6 is 0 Å². The topological polar surface area (TPSA) is 28.4 Å². The number of anilines is 5. The van der Waals surface area contributed by atoms with Crippen molar-refractivity contribution in [2.24, 2.45) is 0 Å². The zero-order valence-corrected chi connectivity index (χ0v) is 42.7. The van der Waals surface area contributed by atoms with E-state index in [4.69, 9.17) is 4.42 Å². The Bertz CT molecular complexity index is 3570. The summed E-state index contributed by atoms with van der Waals surface area (Å²) in [5, 5.41) is 7.52. The smallest absolute Gasteiger partial charge is 0.247 e. The number of rotatable bonds is 6. The summed E-state index contributed by atoms with van der Waals surface area (Å²) < 4.78 is 7.33. The van der Waals surface area contributed by atoms with Gasteiger partial charge in [-0.25, -0.2) is 0 Å². The van der Waals surface area contributed by atoms with Crippen molar-refractivity contribution in [3.63, 3.8) is 0 Å². The molecule has 70 heavy (non-hydrogen) atoms. The van der Waals surface area contributed by atoms with Gasteiger partial charge in [-0.05, 0) is 187 Å². The molecule has 1 aliphatic heterocycles. The molecule has 1 N–H and O–H groups in total. The van der Waals surface area contributed by atoms with E-state index in [9.17, 15) is 0 Å². The Kier molecular flexibility index (Phi) is 10.1. The van der Waals surface area contributed by atoms with Crippen molar-refractivity contribution >= 4 is 68.6 Å². The predicted octanol–water partition coefficient (Wildman–Crippen LogP) is 17.1. The molecule has 9 aromatic rings. The van der Waals surface area contributed by atoms with Crippen molar-refractivity contribution in [3.05, 3.63) is 185 Å². The van der Waals surface area contributed by atoms with Crippen LogP contribution < -0.4 is 21.3 Å². The summed E-state index contributed by atoms with van der Waals surface area (Å²) in [6.45, 7) is 24.1. The van der Waals surface area contributed by atoms with E-state index in [2.05, 4.69) is 238 Å². The maximum atomic E-state index is 7.33. The molecule has 1 aromatic heterocycles. The molecule has 2 aliphatic carbocycles. The summed E-state index contributed by atoms with van der Waals surface area (Å²) >= 11 is 0. The Hall–Kier alpha value is -6.78. The summed E-state index contributed by atoms with van der Waals surface area (Å²) in [4.78, 5) is 2.61. The number of nitrogens with one attached hydrogen (secondary N) is 1. The Morgan fingerprint density at radius 3 is 1.79 bits per heavy atom. The molecule has 2 heterocycles. The van der Waals surface area contributed by atoms with Gasteiger partial charge in [0, 0.05) is 33.7 Å². The van der Waals surface area contributed by atoms with Crippen LogP contribution in [0.15, 0.2) is 156 Å². The quantitative estimate of drug-likeness (QED) is 0.169. The van der Waals surface area contributed by atoms with E-state index >= 15 is 0 Å². The van der Waals surface area contributed by atoms with Crippen molar-refractivity contribution < 1.29 is 4.42 Å². The van der Waals surface area contributed by atoms with E-state index in [0.717, 1.165) is 69.8 Å². The van der Waals surface area contributed by atoms with Crippen molar-refractivity contribution in [2.75, 3.05) is 10.2 Å². The molecule has 3 aliphatic rings. The van der Waals surface area contributed by atoms with Crippen LogP contribution in [0.5, 0.6) is 0 Å². The van der Waals surface area contributed by atoms with E-state index in [1.165, 1.54) is 83.9 Å². The fourth-order valence-electron chi connectivity index (χ4n) is 12.4. The summed E-state index contributed by atoms with van der Waals surface area (Å²) in [6, 6.07) is 56.7. The summed E-state index contributed by atoms with van der Waals surface area (Å²) in [5.41, 5.74) is 24.2. The molecule has 0 saturated heterocycles. The third-order valence-corrected chi connectivity index (χ3v) is 16.9. The summed E-state index contributed by atoms with van der Waals surface area (Å²) in [5.74, 6) is 0. The molecule has 0 saturated carbocycles. The molecule has 12 rings (SSSR count). The first kappa shape index (κ1) is 44.4. The van der Waals surface area contributed by atoms with Gasteiger partial charge >= 0.3 is 0 Å².